The maximum absolute atomic E-state index is 12.3. The quantitative estimate of drug-likeness (QED) is 0.733. The molecule has 0 saturated heterocycles. The van der Waals surface area contributed by atoms with Gasteiger partial charge in [0.1, 0.15) is 5.69 Å². The van der Waals surface area contributed by atoms with E-state index >= 15 is 0 Å². The number of aromatic nitrogens is 3. The average Bonchev–Trinajstić information content (AvgIpc) is 3.36. The zero-order valence-electron chi connectivity index (χ0n) is 15.6. The fourth-order valence-electron chi connectivity index (χ4n) is 4.20. The van der Waals surface area contributed by atoms with Crippen molar-refractivity contribution < 1.29 is 14.3 Å². The second-order valence-electron chi connectivity index (χ2n) is 7.37. The number of benzene rings is 1. The van der Waals surface area contributed by atoms with Crippen molar-refractivity contribution in [2.24, 2.45) is 0 Å². The normalized spacial score (nSPS) is 16.3. The Morgan fingerprint density at radius 1 is 1.10 bits per heavy atom. The van der Waals surface area contributed by atoms with Crippen LogP contribution in [0.4, 0.5) is 0 Å². The van der Waals surface area contributed by atoms with Crippen molar-refractivity contribution in [2.75, 3.05) is 13.3 Å². The highest BCUT2D eigenvalue weighted by atomic mass is 16.7. The lowest BCUT2D eigenvalue weighted by Gasteiger charge is -2.17. The minimum Gasteiger partial charge on any atom is -0.454 e. The number of aryl methyl sites for hydroxylation is 1. The molecule has 0 fully saturated rings. The monoisotopic (exact) mass is 386 g/mol. The molecule has 0 radical (unpaired) electrons. The van der Waals surface area contributed by atoms with E-state index in [0.29, 0.717) is 18.8 Å². The van der Waals surface area contributed by atoms with Crippen molar-refractivity contribution in [3.05, 3.63) is 58.5 Å². The van der Waals surface area contributed by atoms with Crippen molar-refractivity contribution in [1.82, 2.24) is 20.1 Å². The predicted molar refractivity (Wildman–Crippen MR) is 107 cm³/mol. The number of nitrogens with zero attached hydrogens (tertiary/aromatic N) is 3. The largest absolute Gasteiger partial charge is 0.454 e. The van der Waals surface area contributed by atoms with Crippen LogP contribution in [0.25, 0.3) is 23.4 Å². The first-order valence-corrected chi connectivity index (χ1v) is 9.71. The Morgan fingerprint density at radius 3 is 3.00 bits per heavy atom. The van der Waals surface area contributed by atoms with E-state index in [4.69, 9.17) is 14.6 Å². The summed E-state index contributed by atoms with van der Waals surface area (Å²) in [5.41, 5.74) is 6.79. The van der Waals surface area contributed by atoms with Crippen molar-refractivity contribution in [3.8, 4) is 22.8 Å². The van der Waals surface area contributed by atoms with Crippen molar-refractivity contribution in [3.63, 3.8) is 0 Å². The second kappa shape index (κ2) is 6.20. The van der Waals surface area contributed by atoms with Gasteiger partial charge in [0.05, 0.1) is 17.9 Å². The van der Waals surface area contributed by atoms with E-state index in [2.05, 4.69) is 16.4 Å². The van der Waals surface area contributed by atoms with Crippen LogP contribution in [0, 0.1) is 0 Å². The smallest absolute Gasteiger partial charge is 0.269 e. The minimum absolute atomic E-state index is 0.0227. The molecule has 1 aliphatic carbocycles. The summed E-state index contributed by atoms with van der Waals surface area (Å²) >= 11 is 0. The van der Waals surface area contributed by atoms with Gasteiger partial charge < -0.3 is 14.8 Å². The summed E-state index contributed by atoms with van der Waals surface area (Å²) in [6.07, 6.45) is 7.60. The van der Waals surface area contributed by atoms with Gasteiger partial charge in [0.2, 0.25) is 6.79 Å². The van der Waals surface area contributed by atoms with Gasteiger partial charge in [-0.1, -0.05) is 12.1 Å². The minimum atomic E-state index is -0.0227. The molecular weight excluding hydrogens is 368 g/mol. The molecule has 144 valence electrons. The molecule has 1 N–H and O–H groups in total. The fraction of sp³-hybridized carbons (Fsp3) is 0.227. The Labute approximate surface area is 167 Å². The first-order valence-electron chi connectivity index (χ1n) is 9.71. The van der Waals surface area contributed by atoms with Gasteiger partial charge in [-0.25, -0.2) is 0 Å². The van der Waals surface area contributed by atoms with Crippen LogP contribution in [-0.4, -0.2) is 34.0 Å². The van der Waals surface area contributed by atoms with Gasteiger partial charge in [-0.15, -0.1) is 0 Å². The van der Waals surface area contributed by atoms with Crippen LogP contribution >= 0.6 is 0 Å². The highest BCUT2D eigenvalue weighted by Crippen LogP contribution is 2.36. The van der Waals surface area contributed by atoms with Crippen molar-refractivity contribution in [1.29, 1.82) is 0 Å². The van der Waals surface area contributed by atoms with Gasteiger partial charge in [-0.05, 0) is 48.2 Å². The number of nitrogens with one attached hydrogen (secondary N) is 1. The van der Waals surface area contributed by atoms with Gasteiger partial charge >= 0.3 is 0 Å². The van der Waals surface area contributed by atoms with Crippen LogP contribution in [0.3, 0.4) is 0 Å². The Balaban J connectivity index is 1.36. The third-order valence-corrected chi connectivity index (χ3v) is 5.63. The summed E-state index contributed by atoms with van der Waals surface area (Å²) < 4.78 is 12.6. The molecule has 6 rings (SSSR count). The van der Waals surface area contributed by atoms with Gasteiger partial charge in [0, 0.05) is 23.9 Å². The zero-order valence-corrected chi connectivity index (χ0v) is 15.6. The van der Waals surface area contributed by atoms with Crippen LogP contribution in [-0.2, 0) is 19.4 Å². The van der Waals surface area contributed by atoms with E-state index in [0.717, 1.165) is 52.4 Å². The van der Waals surface area contributed by atoms with Crippen LogP contribution in [0.5, 0.6) is 11.5 Å². The molecule has 7 heteroatoms. The first kappa shape index (κ1) is 16.4. The lowest BCUT2D eigenvalue weighted by atomic mass is 9.89. The number of hydrogen-bond donors (Lipinski definition) is 1. The Kier molecular flexibility index (Phi) is 3.50. The van der Waals surface area contributed by atoms with Crippen molar-refractivity contribution in [2.45, 2.75) is 19.4 Å². The fourth-order valence-corrected chi connectivity index (χ4v) is 4.20. The molecule has 2 aromatic heterocycles. The molecule has 1 amide bonds. The molecule has 29 heavy (non-hydrogen) atoms. The number of carbonyl (C=O) groups excluding carboxylic acids is 1. The summed E-state index contributed by atoms with van der Waals surface area (Å²) in [5.74, 6) is 1.51. The van der Waals surface area contributed by atoms with Crippen LogP contribution in [0.2, 0.25) is 0 Å². The van der Waals surface area contributed by atoms with Crippen LogP contribution in [0.15, 0.2) is 30.5 Å². The number of rotatable bonds is 2. The highest BCUT2D eigenvalue weighted by Gasteiger charge is 2.30. The Morgan fingerprint density at radius 2 is 2.03 bits per heavy atom. The Bertz CT molecular complexity index is 1200. The third kappa shape index (κ3) is 2.61. The SMILES string of the molecule is O=C1NCCn2nc3c(c21)CCc1cnc(/C=C/c2ccc4c(c2)OCO4)cc1-3. The zero-order chi connectivity index (χ0) is 19.4. The third-order valence-electron chi connectivity index (χ3n) is 5.63. The molecule has 1 aromatic carbocycles. The number of hydrogen-bond acceptors (Lipinski definition) is 5. The molecule has 7 nitrogen and oxygen atoms in total. The van der Waals surface area contributed by atoms with Gasteiger partial charge in [0.25, 0.3) is 5.91 Å². The van der Waals surface area contributed by atoms with E-state index in [1.807, 2.05) is 41.2 Å². The molecule has 0 bridgehead atoms. The van der Waals surface area contributed by atoms with E-state index < -0.39 is 0 Å². The molecule has 0 spiro atoms. The van der Waals surface area contributed by atoms with Gasteiger partial charge in [-0.3, -0.25) is 14.5 Å². The molecule has 4 heterocycles. The standard InChI is InChI=1S/C22H18N4O3/c27-22-21-16-5-3-14-11-24-15(10-17(14)20(16)25-26(21)8-7-23-22)4-1-13-2-6-18-19(9-13)29-12-28-18/h1-2,4,6,9-11H,3,5,7-8,12H2,(H,23,27)/b4-1+. The van der Waals surface area contributed by atoms with Crippen molar-refractivity contribution >= 4 is 18.1 Å². The molecule has 0 atom stereocenters. The molecule has 3 aliphatic rings. The van der Waals surface area contributed by atoms with Crippen LogP contribution in [0.1, 0.15) is 32.9 Å². The summed E-state index contributed by atoms with van der Waals surface area (Å²) in [4.78, 5) is 16.9. The van der Waals surface area contributed by atoms with E-state index in [1.54, 1.807) is 0 Å². The summed E-state index contributed by atoms with van der Waals surface area (Å²) in [7, 11) is 0. The molecule has 0 unspecified atom stereocenters. The van der Waals surface area contributed by atoms with E-state index in [9.17, 15) is 4.79 Å². The number of pyridine rings is 1. The summed E-state index contributed by atoms with van der Waals surface area (Å²) in [6, 6.07) is 7.92. The first-order chi connectivity index (χ1) is 14.3. The lowest BCUT2D eigenvalue weighted by molar-refractivity contribution is 0.0923. The number of carbonyl (C=O) groups is 1. The van der Waals surface area contributed by atoms with E-state index in [-0.39, 0.29) is 12.7 Å². The van der Waals surface area contributed by atoms with E-state index in [1.165, 1.54) is 5.56 Å². The molecule has 0 saturated carbocycles. The number of fused-ring (bicyclic) bond motifs is 6. The average molecular weight is 386 g/mol. The van der Waals surface area contributed by atoms with Gasteiger partial charge in [-0.2, -0.15) is 5.10 Å². The highest BCUT2D eigenvalue weighted by molar-refractivity contribution is 5.97. The molecule has 2 aliphatic heterocycles. The Hall–Kier alpha value is -3.61. The summed E-state index contributed by atoms with van der Waals surface area (Å²) in [5, 5.41) is 7.68. The van der Waals surface area contributed by atoms with Gasteiger partial charge in [0.15, 0.2) is 11.5 Å². The maximum atomic E-state index is 12.3. The molecular formula is C22H18N4O3. The second-order valence-corrected chi connectivity index (χ2v) is 7.37. The lowest BCUT2D eigenvalue weighted by Crippen LogP contribution is -2.36. The summed E-state index contributed by atoms with van der Waals surface area (Å²) in [6.45, 7) is 1.61. The number of amides is 1. The topological polar surface area (TPSA) is 78.3 Å². The van der Waals surface area contributed by atoms with Crippen LogP contribution < -0.4 is 14.8 Å². The predicted octanol–water partition coefficient (Wildman–Crippen LogP) is 2.69. The maximum Gasteiger partial charge on any atom is 0.269 e. The number of ether oxygens (including phenoxy) is 2. The molecule has 3 aromatic rings.